The van der Waals surface area contributed by atoms with Crippen molar-refractivity contribution in [2.75, 3.05) is 11.1 Å². The Bertz CT molecular complexity index is 526. The van der Waals surface area contributed by atoms with E-state index in [1.165, 1.54) is 17.5 Å². The summed E-state index contributed by atoms with van der Waals surface area (Å²) in [5, 5.41) is 4.57. The van der Waals surface area contributed by atoms with E-state index in [2.05, 4.69) is 26.2 Å². The predicted octanol–water partition coefficient (Wildman–Crippen LogP) is 2.74. The van der Waals surface area contributed by atoms with Crippen LogP contribution in [0.25, 0.3) is 0 Å². The second-order valence-electron chi connectivity index (χ2n) is 3.01. The molecule has 0 spiro atoms. The van der Waals surface area contributed by atoms with Gasteiger partial charge in [-0.25, -0.2) is 0 Å². The van der Waals surface area contributed by atoms with Gasteiger partial charge in [0.05, 0.1) is 17.6 Å². The number of hydrogen-bond acceptors (Lipinski definition) is 4. The molecule has 0 unspecified atom stereocenters. The highest BCUT2D eigenvalue weighted by molar-refractivity contribution is 9.10. The van der Waals surface area contributed by atoms with Crippen molar-refractivity contribution < 1.29 is 4.79 Å². The molecule has 2 rings (SSSR count). The number of halogens is 1. The number of anilines is 2. The number of carbonyl (C=O) groups is 1. The van der Waals surface area contributed by atoms with Crippen LogP contribution in [0.5, 0.6) is 0 Å². The summed E-state index contributed by atoms with van der Waals surface area (Å²) in [6.07, 6.45) is 3.08. The Labute approximate surface area is 105 Å². The molecule has 6 heteroatoms. The number of aromatic nitrogens is 1. The van der Waals surface area contributed by atoms with Gasteiger partial charge in [0.25, 0.3) is 5.91 Å². The van der Waals surface area contributed by atoms with Crippen LogP contribution in [0.15, 0.2) is 34.4 Å². The molecule has 0 atom stereocenters. The molecule has 2 aromatic heterocycles. The second-order valence-corrected chi connectivity index (χ2v) is 4.79. The molecule has 3 N–H and O–H groups in total. The molecule has 16 heavy (non-hydrogen) atoms. The lowest BCUT2D eigenvalue weighted by Crippen LogP contribution is -2.12. The zero-order valence-corrected chi connectivity index (χ0v) is 10.5. The Morgan fingerprint density at radius 3 is 2.94 bits per heavy atom. The topological polar surface area (TPSA) is 68.0 Å². The van der Waals surface area contributed by atoms with E-state index >= 15 is 0 Å². The van der Waals surface area contributed by atoms with Gasteiger partial charge in [-0.05, 0) is 33.4 Å². The monoisotopic (exact) mass is 297 g/mol. The Hall–Kier alpha value is -1.40. The summed E-state index contributed by atoms with van der Waals surface area (Å²) in [4.78, 5) is 16.3. The van der Waals surface area contributed by atoms with Gasteiger partial charge in [-0.3, -0.25) is 9.78 Å². The maximum atomic E-state index is 11.8. The molecule has 2 heterocycles. The first-order chi connectivity index (χ1) is 7.68. The molecule has 82 valence electrons. The number of nitrogens with two attached hydrogens (primary N) is 1. The van der Waals surface area contributed by atoms with Gasteiger partial charge >= 0.3 is 0 Å². The van der Waals surface area contributed by atoms with Crippen LogP contribution in [0, 0.1) is 0 Å². The van der Waals surface area contributed by atoms with Crippen molar-refractivity contribution in [1.29, 1.82) is 0 Å². The molecule has 0 bridgehead atoms. The predicted molar refractivity (Wildman–Crippen MR) is 68.6 cm³/mol. The fourth-order valence-corrected chi connectivity index (χ4v) is 2.60. The van der Waals surface area contributed by atoms with Crippen molar-refractivity contribution >= 4 is 44.5 Å². The number of rotatable bonds is 2. The molecule has 0 aliphatic rings. The van der Waals surface area contributed by atoms with Crippen LogP contribution in [-0.2, 0) is 0 Å². The second kappa shape index (κ2) is 4.63. The van der Waals surface area contributed by atoms with Crippen LogP contribution in [0.2, 0.25) is 0 Å². The number of hydrogen-bond donors (Lipinski definition) is 2. The normalized spacial score (nSPS) is 10.1. The third kappa shape index (κ3) is 2.23. The molecule has 1 amide bonds. The highest BCUT2D eigenvalue weighted by Crippen LogP contribution is 2.24. The molecule has 0 aromatic carbocycles. The van der Waals surface area contributed by atoms with Crippen LogP contribution >= 0.6 is 27.3 Å². The minimum atomic E-state index is -0.181. The van der Waals surface area contributed by atoms with Crippen molar-refractivity contribution in [2.45, 2.75) is 0 Å². The SMILES string of the molecule is Nc1cnccc1NC(=O)c1sccc1Br. The number of amides is 1. The number of nitrogens with one attached hydrogen (secondary N) is 1. The van der Waals surface area contributed by atoms with Gasteiger partial charge < -0.3 is 11.1 Å². The standard InChI is InChI=1S/C10H8BrN3OS/c11-6-2-4-16-9(6)10(15)14-8-1-3-13-5-7(8)12/h1-5H,12H2,(H,13,14,15). The number of thiophene rings is 1. The number of nitrogens with zero attached hydrogens (tertiary/aromatic N) is 1. The van der Waals surface area contributed by atoms with Crippen molar-refractivity contribution in [2.24, 2.45) is 0 Å². The first kappa shape index (κ1) is 11.1. The van der Waals surface area contributed by atoms with Gasteiger partial charge in [-0.1, -0.05) is 0 Å². The Morgan fingerprint density at radius 2 is 2.31 bits per heavy atom. The van der Waals surface area contributed by atoms with Crippen molar-refractivity contribution in [3.63, 3.8) is 0 Å². The molecule has 0 saturated carbocycles. The van der Waals surface area contributed by atoms with E-state index in [0.29, 0.717) is 16.3 Å². The quantitative estimate of drug-likeness (QED) is 0.895. The first-order valence-corrected chi connectivity index (χ1v) is 6.09. The van der Waals surface area contributed by atoms with E-state index in [1.807, 2.05) is 11.4 Å². The number of nitrogen functional groups attached to an aromatic ring is 1. The van der Waals surface area contributed by atoms with E-state index in [-0.39, 0.29) is 5.91 Å². The molecular weight excluding hydrogens is 290 g/mol. The zero-order chi connectivity index (χ0) is 11.5. The first-order valence-electron chi connectivity index (χ1n) is 4.42. The fourth-order valence-electron chi connectivity index (χ4n) is 1.16. The lowest BCUT2D eigenvalue weighted by atomic mass is 10.3. The smallest absolute Gasteiger partial charge is 0.266 e. The van der Waals surface area contributed by atoms with Gasteiger partial charge in [-0.15, -0.1) is 11.3 Å². The summed E-state index contributed by atoms with van der Waals surface area (Å²) >= 11 is 4.67. The van der Waals surface area contributed by atoms with Crippen LogP contribution in [0.1, 0.15) is 9.67 Å². The molecule has 0 fully saturated rings. The van der Waals surface area contributed by atoms with E-state index in [4.69, 9.17) is 5.73 Å². The van der Waals surface area contributed by atoms with E-state index < -0.39 is 0 Å². The van der Waals surface area contributed by atoms with E-state index in [1.54, 1.807) is 12.3 Å². The number of pyridine rings is 1. The molecule has 0 aliphatic heterocycles. The van der Waals surface area contributed by atoms with E-state index in [9.17, 15) is 4.79 Å². The third-order valence-corrected chi connectivity index (χ3v) is 3.76. The van der Waals surface area contributed by atoms with Gasteiger partial charge in [0.2, 0.25) is 0 Å². The summed E-state index contributed by atoms with van der Waals surface area (Å²) in [7, 11) is 0. The van der Waals surface area contributed by atoms with Gasteiger partial charge in [-0.2, -0.15) is 0 Å². The summed E-state index contributed by atoms with van der Waals surface area (Å²) in [6, 6.07) is 3.49. The molecule has 0 aliphatic carbocycles. The molecular formula is C10H8BrN3OS. The molecule has 2 aromatic rings. The molecule has 0 radical (unpaired) electrons. The largest absolute Gasteiger partial charge is 0.396 e. The summed E-state index contributed by atoms with van der Waals surface area (Å²) in [5.41, 5.74) is 6.69. The maximum Gasteiger partial charge on any atom is 0.266 e. The summed E-state index contributed by atoms with van der Waals surface area (Å²) in [6.45, 7) is 0. The van der Waals surface area contributed by atoms with Crippen molar-refractivity contribution in [1.82, 2.24) is 4.98 Å². The maximum absolute atomic E-state index is 11.8. The zero-order valence-electron chi connectivity index (χ0n) is 8.11. The Balaban J connectivity index is 2.21. The Morgan fingerprint density at radius 1 is 1.50 bits per heavy atom. The van der Waals surface area contributed by atoms with E-state index in [0.717, 1.165) is 4.47 Å². The minimum absolute atomic E-state index is 0.181. The number of carbonyl (C=O) groups excluding carboxylic acids is 1. The van der Waals surface area contributed by atoms with Crippen LogP contribution in [-0.4, -0.2) is 10.9 Å². The lowest BCUT2D eigenvalue weighted by molar-refractivity contribution is 0.103. The average molecular weight is 298 g/mol. The minimum Gasteiger partial charge on any atom is -0.396 e. The van der Waals surface area contributed by atoms with Gasteiger partial charge in [0.1, 0.15) is 4.88 Å². The molecule has 0 saturated heterocycles. The van der Waals surface area contributed by atoms with Gasteiger partial charge in [0.15, 0.2) is 0 Å². The third-order valence-electron chi connectivity index (χ3n) is 1.92. The van der Waals surface area contributed by atoms with Gasteiger partial charge in [0, 0.05) is 10.7 Å². The van der Waals surface area contributed by atoms with Crippen LogP contribution in [0.3, 0.4) is 0 Å². The van der Waals surface area contributed by atoms with Crippen molar-refractivity contribution in [3.8, 4) is 0 Å². The highest BCUT2D eigenvalue weighted by Gasteiger charge is 2.12. The lowest BCUT2D eigenvalue weighted by Gasteiger charge is -2.06. The summed E-state index contributed by atoms with van der Waals surface area (Å²) < 4.78 is 0.780. The summed E-state index contributed by atoms with van der Waals surface area (Å²) in [5.74, 6) is -0.181. The fraction of sp³-hybridized carbons (Fsp3) is 0. The molecule has 4 nitrogen and oxygen atoms in total. The Kier molecular flexibility index (Phi) is 3.21. The van der Waals surface area contributed by atoms with Crippen LogP contribution in [0.4, 0.5) is 11.4 Å². The van der Waals surface area contributed by atoms with Crippen molar-refractivity contribution in [3.05, 3.63) is 39.3 Å². The van der Waals surface area contributed by atoms with Crippen LogP contribution < -0.4 is 11.1 Å². The average Bonchev–Trinajstić information content (AvgIpc) is 2.68. The highest BCUT2D eigenvalue weighted by atomic mass is 79.9.